The second-order valence-electron chi connectivity index (χ2n) is 6.08. The lowest BCUT2D eigenvalue weighted by atomic mass is 10.1. The van der Waals surface area contributed by atoms with Crippen LogP contribution in [0.5, 0.6) is 0 Å². The zero-order valence-corrected chi connectivity index (χ0v) is 15.6. The van der Waals surface area contributed by atoms with Crippen LogP contribution in [0.4, 0.5) is 17.3 Å². The molecule has 0 bridgehead atoms. The fourth-order valence-corrected chi connectivity index (χ4v) is 2.71. The third-order valence-electron chi connectivity index (χ3n) is 4.20. The number of benzene rings is 2. The largest absolute Gasteiger partial charge is 0.324 e. The summed E-state index contributed by atoms with van der Waals surface area (Å²) in [5, 5.41) is 6.69. The number of nitrogens with one attached hydrogen (secondary N) is 2. The molecule has 6 heteroatoms. The van der Waals surface area contributed by atoms with Gasteiger partial charge in [0.25, 0.3) is 5.91 Å². The van der Waals surface area contributed by atoms with Gasteiger partial charge in [-0.1, -0.05) is 23.7 Å². The van der Waals surface area contributed by atoms with Crippen LogP contribution in [0.15, 0.2) is 48.8 Å². The van der Waals surface area contributed by atoms with Crippen LogP contribution < -0.4 is 10.6 Å². The Hall–Kier alpha value is -2.92. The van der Waals surface area contributed by atoms with Gasteiger partial charge in [0.05, 0.1) is 5.56 Å². The van der Waals surface area contributed by atoms with Gasteiger partial charge in [-0.25, -0.2) is 9.97 Å². The second kappa shape index (κ2) is 7.54. The minimum absolute atomic E-state index is 0.243. The summed E-state index contributed by atoms with van der Waals surface area (Å²) in [4.78, 5) is 20.9. The van der Waals surface area contributed by atoms with Gasteiger partial charge >= 0.3 is 0 Å². The molecule has 1 heterocycles. The standard InChI is InChI=1S/C20H19ClN4O/c1-12-5-4-6-18(14(12)3)24-19(26)15-10-22-20(23-11-15)25-17-8-7-16(21)9-13(17)2/h4-11H,1-3H3,(H,24,26)(H,22,23,25). The minimum atomic E-state index is -0.243. The number of carbonyl (C=O) groups is 1. The normalized spacial score (nSPS) is 10.5. The minimum Gasteiger partial charge on any atom is -0.324 e. The number of hydrogen-bond acceptors (Lipinski definition) is 4. The van der Waals surface area contributed by atoms with Crippen molar-refractivity contribution in [3.8, 4) is 0 Å². The Kier molecular flexibility index (Phi) is 5.19. The number of rotatable bonds is 4. The second-order valence-corrected chi connectivity index (χ2v) is 6.52. The third kappa shape index (κ3) is 4.00. The molecule has 26 heavy (non-hydrogen) atoms. The van der Waals surface area contributed by atoms with Gasteiger partial charge in [0.15, 0.2) is 0 Å². The van der Waals surface area contributed by atoms with E-state index in [0.29, 0.717) is 16.5 Å². The highest BCUT2D eigenvalue weighted by atomic mass is 35.5. The van der Waals surface area contributed by atoms with E-state index in [9.17, 15) is 4.79 Å². The highest BCUT2D eigenvalue weighted by Crippen LogP contribution is 2.22. The fourth-order valence-electron chi connectivity index (χ4n) is 2.48. The Morgan fingerprint density at radius 3 is 2.38 bits per heavy atom. The first kappa shape index (κ1) is 17.9. The monoisotopic (exact) mass is 366 g/mol. The van der Waals surface area contributed by atoms with Crippen molar-refractivity contribution in [1.82, 2.24) is 9.97 Å². The number of nitrogens with zero attached hydrogens (tertiary/aromatic N) is 2. The summed E-state index contributed by atoms with van der Waals surface area (Å²) in [6, 6.07) is 11.3. The van der Waals surface area contributed by atoms with Crippen molar-refractivity contribution in [3.63, 3.8) is 0 Å². The predicted octanol–water partition coefficient (Wildman–Crippen LogP) is 5.05. The predicted molar refractivity (Wildman–Crippen MR) is 105 cm³/mol. The van der Waals surface area contributed by atoms with Crippen molar-refractivity contribution in [1.29, 1.82) is 0 Å². The molecule has 0 aliphatic carbocycles. The molecule has 2 N–H and O–H groups in total. The Balaban J connectivity index is 1.72. The number of amides is 1. The zero-order valence-electron chi connectivity index (χ0n) is 14.8. The molecule has 0 saturated heterocycles. The van der Waals surface area contributed by atoms with Crippen molar-refractivity contribution in [2.75, 3.05) is 10.6 Å². The number of halogens is 1. The Morgan fingerprint density at radius 1 is 0.962 bits per heavy atom. The van der Waals surface area contributed by atoms with E-state index in [1.807, 2.05) is 51.1 Å². The molecule has 0 aliphatic rings. The summed E-state index contributed by atoms with van der Waals surface area (Å²) in [7, 11) is 0. The van der Waals surface area contributed by atoms with Crippen LogP contribution in [0.25, 0.3) is 0 Å². The molecule has 0 fully saturated rings. The molecular weight excluding hydrogens is 348 g/mol. The average molecular weight is 367 g/mol. The summed E-state index contributed by atoms with van der Waals surface area (Å²) < 4.78 is 0. The van der Waals surface area contributed by atoms with Crippen molar-refractivity contribution in [2.45, 2.75) is 20.8 Å². The van der Waals surface area contributed by atoms with Gasteiger partial charge in [-0.05, 0) is 61.7 Å². The molecule has 1 amide bonds. The maximum atomic E-state index is 12.4. The summed E-state index contributed by atoms with van der Waals surface area (Å²) in [5.41, 5.74) is 5.19. The van der Waals surface area contributed by atoms with Crippen LogP contribution in [-0.4, -0.2) is 15.9 Å². The summed E-state index contributed by atoms with van der Waals surface area (Å²) >= 11 is 5.96. The van der Waals surface area contributed by atoms with Crippen LogP contribution >= 0.6 is 11.6 Å². The quantitative estimate of drug-likeness (QED) is 0.678. The number of anilines is 3. The lowest BCUT2D eigenvalue weighted by Crippen LogP contribution is -2.14. The van der Waals surface area contributed by atoms with Crippen LogP contribution in [-0.2, 0) is 0 Å². The molecule has 0 radical (unpaired) electrons. The van der Waals surface area contributed by atoms with Gasteiger partial charge in [0.1, 0.15) is 0 Å². The highest BCUT2D eigenvalue weighted by molar-refractivity contribution is 6.30. The van der Waals surface area contributed by atoms with Crippen LogP contribution in [0, 0.1) is 20.8 Å². The van der Waals surface area contributed by atoms with Crippen LogP contribution in [0.1, 0.15) is 27.0 Å². The third-order valence-corrected chi connectivity index (χ3v) is 4.44. The summed E-state index contributed by atoms with van der Waals surface area (Å²) in [6.45, 7) is 5.93. The van der Waals surface area contributed by atoms with E-state index in [1.54, 1.807) is 6.07 Å². The maximum Gasteiger partial charge on any atom is 0.258 e. The maximum absolute atomic E-state index is 12.4. The lowest BCUT2D eigenvalue weighted by Gasteiger charge is -2.11. The summed E-state index contributed by atoms with van der Waals surface area (Å²) in [5.74, 6) is 0.173. The van der Waals surface area contributed by atoms with Crippen molar-refractivity contribution >= 4 is 34.8 Å². The fraction of sp³-hybridized carbons (Fsp3) is 0.150. The Bertz CT molecular complexity index is 955. The average Bonchev–Trinajstić information content (AvgIpc) is 2.62. The molecule has 0 unspecified atom stereocenters. The number of hydrogen-bond donors (Lipinski definition) is 2. The van der Waals surface area contributed by atoms with Gasteiger partial charge in [-0.15, -0.1) is 0 Å². The van der Waals surface area contributed by atoms with Crippen molar-refractivity contribution in [2.24, 2.45) is 0 Å². The molecule has 132 valence electrons. The van der Waals surface area contributed by atoms with E-state index in [2.05, 4.69) is 20.6 Å². The smallest absolute Gasteiger partial charge is 0.258 e. The highest BCUT2D eigenvalue weighted by Gasteiger charge is 2.10. The molecule has 3 rings (SSSR count). The number of aryl methyl sites for hydroxylation is 2. The van der Waals surface area contributed by atoms with Crippen LogP contribution in [0.2, 0.25) is 5.02 Å². The van der Waals surface area contributed by atoms with E-state index in [4.69, 9.17) is 11.6 Å². The van der Waals surface area contributed by atoms with Gasteiger partial charge in [0, 0.05) is 28.8 Å². The molecule has 5 nitrogen and oxygen atoms in total. The van der Waals surface area contributed by atoms with Crippen molar-refractivity contribution in [3.05, 3.63) is 76.1 Å². The first-order valence-corrected chi connectivity index (χ1v) is 8.54. The Labute approximate surface area is 157 Å². The van der Waals surface area contributed by atoms with E-state index in [-0.39, 0.29) is 5.91 Å². The molecule has 1 aromatic heterocycles. The lowest BCUT2D eigenvalue weighted by molar-refractivity contribution is 0.102. The number of carbonyl (C=O) groups excluding carboxylic acids is 1. The molecule has 0 atom stereocenters. The first-order valence-electron chi connectivity index (χ1n) is 8.17. The summed E-state index contributed by atoms with van der Waals surface area (Å²) in [6.07, 6.45) is 3.00. The molecule has 0 saturated carbocycles. The molecular formula is C20H19ClN4O. The molecule has 3 aromatic rings. The van der Waals surface area contributed by atoms with E-state index in [0.717, 1.165) is 28.1 Å². The molecule has 0 spiro atoms. The van der Waals surface area contributed by atoms with E-state index in [1.165, 1.54) is 12.4 Å². The molecule has 2 aromatic carbocycles. The van der Waals surface area contributed by atoms with Gasteiger partial charge in [-0.2, -0.15) is 0 Å². The van der Waals surface area contributed by atoms with Crippen molar-refractivity contribution < 1.29 is 4.79 Å². The van der Waals surface area contributed by atoms with Gasteiger partial charge in [-0.3, -0.25) is 4.79 Å². The number of aromatic nitrogens is 2. The first-order chi connectivity index (χ1) is 12.4. The van der Waals surface area contributed by atoms with Crippen LogP contribution in [0.3, 0.4) is 0 Å². The van der Waals surface area contributed by atoms with E-state index >= 15 is 0 Å². The van der Waals surface area contributed by atoms with E-state index < -0.39 is 0 Å². The van der Waals surface area contributed by atoms with Gasteiger partial charge in [0.2, 0.25) is 5.95 Å². The van der Waals surface area contributed by atoms with Gasteiger partial charge < -0.3 is 10.6 Å². The zero-order chi connectivity index (χ0) is 18.7. The Morgan fingerprint density at radius 2 is 1.69 bits per heavy atom. The molecule has 0 aliphatic heterocycles. The SMILES string of the molecule is Cc1cc(Cl)ccc1Nc1ncc(C(=O)Nc2cccc(C)c2C)cn1. The topological polar surface area (TPSA) is 66.9 Å².